The Morgan fingerprint density at radius 1 is 1.33 bits per heavy atom. The topological polar surface area (TPSA) is 80.1 Å². The van der Waals surface area contributed by atoms with Gasteiger partial charge in [0.2, 0.25) is 5.91 Å². The molecule has 1 amide bonds. The molecule has 1 aliphatic heterocycles. The molecule has 3 heterocycles. The zero-order chi connectivity index (χ0) is 21.1. The summed E-state index contributed by atoms with van der Waals surface area (Å²) in [5, 5.41) is 4.63. The van der Waals surface area contributed by atoms with E-state index >= 15 is 0 Å². The van der Waals surface area contributed by atoms with E-state index in [-0.39, 0.29) is 17.2 Å². The fourth-order valence-electron chi connectivity index (χ4n) is 3.21. The molecule has 30 heavy (non-hydrogen) atoms. The SMILES string of the molecule is C=CCn1c(SCC(=O)Nc2cccc(Cl)c2)nc2nc(N3CCCC3)sc2c1=O. The molecule has 1 saturated heterocycles. The van der Waals surface area contributed by atoms with Gasteiger partial charge >= 0.3 is 0 Å². The van der Waals surface area contributed by atoms with Crippen molar-refractivity contribution >= 4 is 61.8 Å². The summed E-state index contributed by atoms with van der Waals surface area (Å²) in [4.78, 5) is 36.8. The van der Waals surface area contributed by atoms with Gasteiger partial charge in [0, 0.05) is 30.3 Å². The molecular formula is C20H20ClN5O2S2. The van der Waals surface area contributed by atoms with E-state index in [1.165, 1.54) is 23.1 Å². The summed E-state index contributed by atoms with van der Waals surface area (Å²) in [6, 6.07) is 6.95. The van der Waals surface area contributed by atoms with E-state index in [1.807, 2.05) is 0 Å². The van der Waals surface area contributed by atoms with Gasteiger partial charge < -0.3 is 10.2 Å². The number of halogens is 1. The predicted octanol–water partition coefficient (Wildman–Crippen LogP) is 4.02. The normalized spacial score (nSPS) is 13.7. The van der Waals surface area contributed by atoms with E-state index in [4.69, 9.17) is 11.6 Å². The lowest BCUT2D eigenvalue weighted by molar-refractivity contribution is -0.113. The third-order valence-electron chi connectivity index (χ3n) is 4.60. The second-order valence-electron chi connectivity index (χ2n) is 6.79. The highest BCUT2D eigenvalue weighted by Crippen LogP contribution is 2.29. The number of thiazole rings is 1. The first kappa shape index (κ1) is 20.9. The molecule has 7 nitrogen and oxygen atoms in total. The summed E-state index contributed by atoms with van der Waals surface area (Å²) in [7, 11) is 0. The van der Waals surface area contributed by atoms with Crippen molar-refractivity contribution < 1.29 is 4.79 Å². The fraction of sp³-hybridized carbons (Fsp3) is 0.300. The molecule has 0 spiro atoms. The van der Waals surface area contributed by atoms with Crippen molar-refractivity contribution in [1.82, 2.24) is 14.5 Å². The number of aromatic nitrogens is 3. The van der Waals surface area contributed by atoms with Crippen molar-refractivity contribution in [2.24, 2.45) is 0 Å². The van der Waals surface area contributed by atoms with E-state index < -0.39 is 0 Å². The number of carbonyl (C=O) groups is 1. The van der Waals surface area contributed by atoms with Gasteiger partial charge in [-0.1, -0.05) is 46.8 Å². The van der Waals surface area contributed by atoms with Crippen LogP contribution in [0.5, 0.6) is 0 Å². The average Bonchev–Trinajstić information content (AvgIpc) is 3.38. The smallest absolute Gasteiger partial charge is 0.274 e. The van der Waals surface area contributed by atoms with Crippen molar-refractivity contribution in [3.05, 3.63) is 52.3 Å². The van der Waals surface area contributed by atoms with E-state index in [9.17, 15) is 9.59 Å². The third-order valence-corrected chi connectivity index (χ3v) is 6.90. The fourth-order valence-corrected chi connectivity index (χ4v) is 5.21. The van der Waals surface area contributed by atoms with Crippen LogP contribution in [-0.2, 0) is 11.3 Å². The molecule has 1 aliphatic rings. The van der Waals surface area contributed by atoms with E-state index in [2.05, 4.69) is 26.8 Å². The summed E-state index contributed by atoms with van der Waals surface area (Å²) in [6.45, 7) is 5.95. The number of thioether (sulfide) groups is 1. The van der Waals surface area contributed by atoms with Gasteiger partial charge in [-0.05, 0) is 31.0 Å². The number of nitrogens with one attached hydrogen (secondary N) is 1. The van der Waals surface area contributed by atoms with Gasteiger partial charge in [0.25, 0.3) is 5.56 Å². The maximum Gasteiger partial charge on any atom is 0.274 e. The molecule has 10 heteroatoms. The first-order valence-electron chi connectivity index (χ1n) is 9.50. The van der Waals surface area contributed by atoms with Crippen LogP contribution in [0.2, 0.25) is 5.02 Å². The van der Waals surface area contributed by atoms with Crippen LogP contribution in [-0.4, -0.2) is 39.3 Å². The zero-order valence-corrected chi connectivity index (χ0v) is 18.5. The number of rotatable bonds is 7. The van der Waals surface area contributed by atoms with Crippen LogP contribution in [0.3, 0.4) is 0 Å². The molecule has 2 aromatic heterocycles. The van der Waals surface area contributed by atoms with Crippen LogP contribution in [0, 0.1) is 0 Å². The Labute approximate surface area is 186 Å². The van der Waals surface area contributed by atoms with E-state index in [0.29, 0.717) is 32.8 Å². The van der Waals surface area contributed by atoms with Crippen molar-refractivity contribution in [1.29, 1.82) is 0 Å². The number of hydrogen-bond donors (Lipinski definition) is 1. The Morgan fingerprint density at radius 3 is 2.87 bits per heavy atom. The summed E-state index contributed by atoms with van der Waals surface area (Å²) in [5.74, 6) is -0.108. The van der Waals surface area contributed by atoms with Crippen molar-refractivity contribution in [3.63, 3.8) is 0 Å². The minimum absolute atomic E-state index is 0.102. The number of fused-ring (bicyclic) bond motifs is 1. The van der Waals surface area contributed by atoms with Crippen molar-refractivity contribution in [2.45, 2.75) is 24.5 Å². The summed E-state index contributed by atoms with van der Waals surface area (Å²) in [6.07, 6.45) is 3.91. The average molecular weight is 462 g/mol. The minimum Gasteiger partial charge on any atom is -0.348 e. The van der Waals surface area contributed by atoms with Gasteiger partial charge in [-0.15, -0.1) is 6.58 Å². The summed E-state index contributed by atoms with van der Waals surface area (Å²) >= 11 is 8.54. The lowest BCUT2D eigenvalue weighted by Gasteiger charge is -2.11. The maximum atomic E-state index is 13.0. The molecule has 0 bridgehead atoms. The molecule has 0 atom stereocenters. The molecule has 0 unspecified atom stereocenters. The van der Waals surface area contributed by atoms with Crippen LogP contribution in [0.25, 0.3) is 10.3 Å². The quantitative estimate of drug-likeness (QED) is 0.325. The molecule has 3 aromatic rings. The number of nitrogens with zero attached hydrogens (tertiary/aromatic N) is 4. The lowest BCUT2D eigenvalue weighted by atomic mass is 10.3. The van der Waals surface area contributed by atoms with Gasteiger partial charge in [0.1, 0.15) is 4.70 Å². The van der Waals surface area contributed by atoms with Crippen LogP contribution in [0.15, 0.2) is 46.9 Å². The maximum absolute atomic E-state index is 13.0. The molecule has 0 radical (unpaired) electrons. The van der Waals surface area contributed by atoms with Crippen molar-refractivity contribution in [2.75, 3.05) is 29.1 Å². The highest BCUT2D eigenvalue weighted by atomic mass is 35.5. The Hall–Kier alpha value is -2.36. The van der Waals surface area contributed by atoms with Crippen molar-refractivity contribution in [3.8, 4) is 0 Å². The molecule has 1 aromatic carbocycles. The number of amides is 1. The first-order valence-corrected chi connectivity index (χ1v) is 11.7. The van der Waals surface area contributed by atoms with Crippen LogP contribution in [0.1, 0.15) is 12.8 Å². The number of anilines is 2. The van der Waals surface area contributed by atoms with Crippen LogP contribution < -0.4 is 15.8 Å². The molecule has 1 N–H and O–H groups in total. The molecule has 4 rings (SSSR count). The second-order valence-corrected chi connectivity index (χ2v) is 9.15. The first-order chi connectivity index (χ1) is 14.5. The van der Waals surface area contributed by atoms with Crippen LogP contribution in [0.4, 0.5) is 10.8 Å². The largest absolute Gasteiger partial charge is 0.348 e. The van der Waals surface area contributed by atoms with Crippen LogP contribution >= 0.6 is 34.7 Å². The number of hydrogen-bond acceptors (Lipinski definition) is 7. The Morgan fingerprint density at radius 2 is 2.13 bits per heavy atom. The molecule has 1 fully saturated rings. The molecular weight excluding hydrogens is 442 g/mol. The number of benzene rings is 1. The number of carbonyl (C=O) groups excluding carboxylic acids is 1. The standard InChI is InChI=1S/C20H20ClN5O2S2/c1-2-8-26-18(28)16-17(23-19(30-16)25-9-3-4-10-25)24-20(26)29-12-15(27)22-14-7-5-6-13(21)11-14/h2,5-7,11H,1,3-4,8-10,12H2,(H,22,27). The van der Waals surface area contributed by atoms with E-state index in [1.54, 1.807) is 34.9 Å². The molecule has 0 aliphatic carbocycles. The zero-order valence-electron chi connectivity index (χ0n) is 16.1. The molecule has 156 valence electrons. The monoisotopic (exact) mass is 461 g/mol. The predicted molar refractivity (Wildman–Crippen MR) is 124 cm³/mol. The minimum atomic E-state index is -0.210. The Kier molecular flexibility index (Phi) is 6.40. The Bertz CT molecular complexity index is 1150. The lowest BCUT2D eigenvalue weighted by Crippen LogP contribution is -2.23. The van der Waals surface area contributed by atoms with Gasteiger partial charge in [-0.25, -0.2) is 4.98 Å². The summed E-state index contributed by atoms with van der Waals surface area (Å²) in [5.41, 5.74) is 0.903. The Balaban J connectivity index is 1.57. The highest BCUT2D eigenvalue weighted by Gasteiger charge is 2.21. The van der Waals surface area contributed by atoms with Gasteiger partial charge in [0.05, 0.1) is 5.75 Å². The van der Waals surface area contributed by atoms with Gasteiger partial charge in [-0.3, -0.25) is 14.2 Å². The highest BCUT2D eigenvalue weighted by molar-refractivity contribution is 7.99. The third kappa shape index (κ3) is 4.53. The second kappa shape index (κ2) is 9.20. The van der Waals surface area contributed by atoms with Gasteiger partial charge in [0.15, 0.2) is 15.9 Å². The number of allylic oxidation sites excluding steroid dienone is 1. The van der Waals surface area contributed by atoms with E-state index in [0.717, 1.165) is 31.1 Å². The van der Waals surface area contributed by atoms with Gasteiger partial charge in [-0.2, -0.15) is 4.98 Å². The summed E-state index contributed by atoms with van der Waals surface area (Å²) < 4.78 is 2.07. The molecule has 0 saturated carbocycles.